The third kappa shape index (κ3) is 49.6. The average molecular weight is 1100 g/mol. The summed E-state index contributed by atoms with van der Waals surface area (Å²) < 4.78 is 67.3. The van der Waals surface area contributed by atoms with Crippen LogP contribution >= 0.6 is 15.6 Å². The molecule has 0 aliphatic carbocycles. The molecule has 0 aromatic rings. The lowest BCUT2D eigenvalue weighted by atomic mass is 10.0. The van der Waals surface area contributed by atoms with Crippen LogP contribution in [0.25, 0.3) is 0 Å². The van der Waals surface area contributed by atoms with Crippen LogP contribution in [0.2, 0.25) is 0 Å². The van der Waals surface area contributed by atoms with Gasteiger partial charge in [0.2, 0.25) is 0 Å². The summed E-state index contributed by atoms with van der Waals surface area (Å²) in [6.07, 6.45) is 24.6. The van der Waals surface area contributed by atoms with Gasteiger partial charge in [-0.05, 0) is 43.4 Å². The van der Waals surface area contributed by atoms with Gasteiger partial charge in [0.25, 0.3) is 0 Å². The Morgan fingerprint density at radius 3 is 0.919 bits per heavy atom. The Hall–Kier alpha value is -1.94. The van der Waals surface area contributed by atoms with Gasteiger partial charge in [-0.25, -0.2) is 9.13 Å². The van der Waals surface area contributed by atoms with Crippen LogP contribution in [0.3, 0.4) is 0 Å². The number of rotatable bonds is 53. The van der Waals surface area contributed by atoms with Crippen molar-refractivity contribution >= 4 is 39.5 Å². The van der Waals surface area contributed by atoms with Crippen molar-refractivity contribution < 1.29 is 80.2 Å². The Labute approximate surface area is 447 Å². The number of hydrogen-bond donors (Lipinski definition) is 3. The second kappa shape index (κ2) is 47.1. The SMILES string of the molecule is CCCCCCCC(=O)OC[C@H](COP(=O)(O)OC[C@H](O)COP(=O)(O)OC[C@@H](COC(=O)CCCCCCCCC(C)C)OC(=O)CCCCCCCCCCC(C)C)OC(=O)CCCCCCCCC(C)C. The first-order chi connectivity index (χ1) is 35.2. The van der Waals surface area contributed by atoms with Crippen molar-refractivity contribution in [1.82, 2.24) is 0 Å². The zero-order chi connectivity index (χ0) is 55.3. The number of aliphatic hydroxyl groups excluding tert-OH is 1. The average Bonchev–Trinajstić information content (AvgIpc) is 3.33. The molecule has 0 fully saturated rings. The Kier molecular flexibility index (Phi) is 45.9. The predicted molar refractivity (Wildman–Crippen MR) is 289 cm³/mol. The fourth-order valence-electron chi connectivity index (χ4n) is 7.89. The van der Waals surface area contributed by atoms with E-state index in [9.17, 15) is 43.2 Å². The Balaban J connectivity index is 5.20. The molecule has 0 aliphatic heterocycles. The lowest BCUT2D eigenvalue weighted by Gasteiger charge is -2.21. The largest absolute Gasteiger partial charge is 0.472 e. The molecule has 0 radical (unpaired) electrons. The molecule has 0 aromatic carbocycles. The third-order valence-corrected chi connectivity index (χ3v) is 14.3. The molecule has 0 aromatic heterocycles. The molecule has 0 spiro atoms. The maximum Gasteiger partial charge on any atom is 0.472 e. The maximum absolute atomic E-state index is 12.9. The second-order valence-corrected chi connectivity index (χ2v) is 24.3. The summed E-state index contributed by atoms with van der Waals surface area (Å²) in [5, 5.41) is 10.4. The van der Waals surface area contributed by atoms with E-state index in [1.54, 1.807) is 0 Å². The highest BCUT2D eigenvalue weighted by molar-refractivity contribution is 7.47. The standard InChI is InChI=1S/C55H106O17P2/c1-8-9-10-19-29-36-52(57)65-42-50(72-55(60)39-32-25-18-16-22-28-35-48(6)7)44-69-73(61,62)67-40-49(56)41-68-74(63,64)70-45-51(43-66-53(58)37-30-23-17-15-21-27-34-47(4)5)71-54(59)38-31-24-14-12-11-13-20-26-33-46(2)3/h46-51,56H,8-45H2,1-7H3,(H,61,62)(H,63,64)/t49-,50+,51+/m0/s1. The zero-order valence-electron chi connectivity index (χ0n) is 47.3. The van der Waals surface area contributed by atoms with Crippen LogP contribution < -0.4 is 0 Å². The third-order valence-electron chi connectivity index (χ3n) is 12.4. The highest BCUT2D eigenvalue weighted by atomic mass is 31.2. The van der Waals surface area contributed by atoms with E-state index in [1.807, 2.05) is 0 Å². The molecule has 17 nitrogen and oxygen atoms in total. The van der Waals surface area contributed by atoms with Gasteiger partial charge in [0.15, 0.2) is 12.2 Å². The van der Waals surface area contributed by atoms with Gasteiger partial charge in [0.05, 0.1) is 26.4 Å². The Morgan fingerprint density at radius 2 is 0.622 bits per heavy atom. The smallest absolute Gasteiger partial charge is 0.462 e. The van der Waals surface area contributed by atoms with E-state index in [1.165, 1.54) is 51.4 Å². The number of phosphoric ester groups is 2. The van der Waals surface area contributed by atoms with Crippen molar-refractivity contribution in [2.24, 2.45) is 17.8 Å². The summed E-state index contributed by atoms with van der Waals surface area (Å²) in [4.78, 5) is 71.4. The molecule has 0 bridgehead atoms. The van der Waals surface area contributed by atoms with Crippen molar-refractivity contribution in [2.75, 3.05) is 39.6 Å². The van der Waals surface area contributed by atoms with E-state index in [0.29, 0.717) is 37.5 Å². The van der Waals surface area contributed by atoms with Gasteiger partial charge in [0.1, 0.15) is 19.3 Å². The van der Waals surface area contributed by atoms with Crippen molar-refractivity contribution in [3.63, 3.8) is 0 Å². The summed E-state index contributed by atoms with van der Waals surface area (Å²) >= 11 is 0. The number of carbonyl (C=O) groups excluding carboxylic acids is 4. The van der Waals surface area contributed by atoms with E-state index in [-0.39, 0.29) is 25.7 Å². The Bertz CT molecular complexity index is 1500. The summed E-state index contributed by atoms with van der Waals surface area (Å²) in [6, 6.07) is 0. The number of unbranched alkanes of at least 4 members (excludes halogenated alkanes) is 21. The van der Waals surface area contributed by atoms with Gasteiger partial charge in [-0.1, -0.05) is 203 Å². The number of esters is 4. The highest BCUT2D eigenvalue weighted by Gasteiger charge is 2.30. The van der Waals surface area contributed by atoms with Crippen LogP contribution in [0.15, 0.2) is 0 Å². The topological polar surface area (TPSA) is 237 Å². The molecule has 0 saturated heterocycles. The van der Waals surface area contributed by atoms with Crippen molar-refractivity contribution in [3.05, 3.63) is 0 Å². The maximum atomic E-state index is 12.9. The zero-order valence-corrected chi connectivity index (χ0v) is 49.1. The number of aliphatic hydroxyl groups is 1. The van der Waals surface area contributed by atoms with Gasteiger partial charge >= 0.3 is 39.5 Å². The van der Waals surface area contributed by atoms with E-state index in [4.69, 9.17) is 37.0 Å². The van der Waals surface area contributed by atoms with Crippen LogP contribution in [0, 0.1) is 17.8 Å². The minimum absolute atomic E-state index is 0.100. The second-order valence-electron chi connectivity index (χ2n) is 21.4. The minimum Gasteiger partial charge on any atom is -0.462 e. The van der Waals surface area contributed by atoms with Crippen LogP contribution in [0.1, 0.15) is 254 Å². The molecule has 0 aliphatic rings. The van der Waals surface area contributed by atoms with E-state index in [0.717, 1.165) is 109 Å². The molecule has 2 unspecified atom stereocenters. The Morgan fingerprint density at radius 1 is 0.365 bits per heavy atom. The molecule has 0 saturated carbocycles. The molecule has 5 atom stereocenters. The fraction of sp³-hybridized carbons (Fsp3) is 0.927. The number of phosphoric acid groups is 2. The van der Waals surface area contributed by atoms with Crippen molar-refractivity contribution in [2.45, 2.75) is 272 Å². The highest BCUT2D eigenvalue weighted by Crippen LogP contribution is 2.45. The predicted octanol–water partition coefficient (Wildman–Crippen LogP) is 14.0. The minimum atomic E-state index is -4.93. The fourth-order valence-corrected chi connectivity index (χ4v) is 9.47. The first-order valence-corrected chi connectivity index (χ1v) is 31.8. The van der Waals surface area contributed by atoms with E-state index in [2.05, 4.69) is 48.5 Å². The normalized spacial score (nSPS) is 14.7. The van der Waals surface area contributed by atoms with Crippen LogP contribution in [-0.2, 0) is 65.4 Å². The summed E-state index contributed by atoms with van der Waals surface area (Å²) in [5.41, 5.74) is 0. The van der Waals surface area contributed by atoms with Gasteiger partial charge in [-0.15, -0.1) is 0 Å². The van der Waals surface area contributed by atoms with Gasteiger partial charge < -0.3 is 33.8 Å². The molecule has 19 heteroatoms. The first-order valence-electron chi connectivity index (χ1n) is 28.8. The van der Waals surface area contributed by atoms with Crippen LogP contribution in [0.4, 0.5) is 0 Å². The van der Waals surface area contributed by atoms with Crippen molar-refractivity contribution in [1.29, 1.82) is 0 Å². The van der Waals surface area contributed by atoms with Gasteiger partial charge in [-0.3, -0.25) is 37.3 Å². The summed E-state index contributed by atoms with van der Waals surface area (Å²) in [7, 11) is -9.86. The lowest BCUT2D eigenvalue weighted by molar-refractivity contribution is -0.161. The summed E-state index contributed by atoms with van der Waals surface area (Å²) in [6.45, 7) is 11.4. The van der Waals surface area contributed by atoms with Gasteiger partial charge in [0, 0.05) is 25.7 Å². The van der Waals surface area contributed by atoms with Crippen molar-refractivity contribution in [3.8, 4) is 0 Å². The van der Waals surface area contributed by atoms with Crippen LogP contribution in [-0.4, -0.2) is 96.7 Å². The van der Waals surface area contributed by atoms with E-state index < -0.39 is 97.5 Å². The molecule has 3 N–H and O–H groups in total. The monoisotopic (exact) mass is 1100 g/mol. The lowest BCUT2D eigenvalue weighted by Crippen LogP contribution is -2.30. The molecule has 0 heterocycles. The quantitative estimate of drug-likeness (QED) is 0.0222. The number of hydrogen-bond acceptors (Lipinski definition) is 15. The number of ether oxygens (including phenoxy) is 4. The van der Waals surface area contributed by atoms with E-state index >= 15 is 0 Å². The molecular weight excluding hydrogens is 995 g/mol. The molecule has 74 heavy (non-hydrogen) atoms. The summed E-state index contributed by atoms with van der Waals surface area (Å²) in [5.74, 6) is -0.0990. The molecule has 438 valence electrons. The molecule has 0 amide bonds. The van der Waals surface area contributed by atoms with Gasteiger partial charge in [-0.2, -0.15) is 0 Å². The van der Waals surface area contributed by atoms with Crippen LogP contribution in [0.5, 0.6) is 0 Å². The molecule has 0 rings (SSSR count). The molecular formula is C55H106O17P2. The first kappa shape index (κ1) is 72.1. The number of carbonyl (C=O) groups is 4.